The second-order valence-corrected chi connectivity index (χ2v) is 9.70. The number of ether oxygens (including phenoxy) is 4. The van der Waals surface area contributed by atoms with Crippen LogP contribution in [0, 0.1) is 0 Å². The van der Waals surface area contributed by atoms with Gasteiger partial charge in [0.1, 0.15) is 11.7 Å². The normalized spacial score (nSPS) is 17.7. The SMILES string of the molecule is O=C(NCc1ccc2c(c1)OCO2)C1CN(c2nccc(-c3ncc[nH]3)n2)CCN1Cc1ccc2c(c1)OCO2. The number of anilines is 1. The summed E-state index contributed by atoms with van der Waals surface area (Å²) in [7, 11) is 0. The zero-order chi connectivity index (χ0) is 26.9. The van der Waals surface area contributed by atoms with Crippen molar-refractivity contribution in [3.05, 3.63) is 72.2 Å². The van der Waals surface area contributed by atoms with Gasteiger partial charge in [0.05, 0.1) is 0 Å². The lowest BCUT2D eigenvalue weighted by molar-refractivity contribution is -0.127. The molecule has 5 heterocycles. The molecule has 2 N–H and O–H groups in total. The molecule has 1 amide bonds. The quantitative estimate of drug-likeness (QED) is 0.360. The summed E-state index contributed by atoms with van der Waals surface area (Å²) in [5, 5.41) is 3.12. The third-order valence-electron chi connectivity index (χ3n) is 7.19. The zero-order valence-corrected chi connectivity index (χ0v) is 21.6. The topological polar surface area (TPSA) is 127 Å². The van der Waals surface area contributed by atoms with Gasteiger partial charge in [-0.25, -0.2) is 15.0 Å². The van der Waals surface area contributed by atoms with Crippen LogP contribution < -0.4 is 29.2 Å². The van der Waals surface area contributed by atoms with Gasteiger partial charge in [-0.2, -0.15) is 0 Å². The lowest BCUT2D eigenvalue weighted by atomic mass is 10.1. The highest BCUT2D eigenvalue weighted by Gasteiger charge is 2.34. The number of imidazole rings is 1. The number of aromatic amines is 1. The Morgan fingerprint density at radius 3 is 2.42 bits per heavy atom. The Bertz CT molecular complexity index is 1530. The van der Waals surface area contributed by atoms with E-state index in [0.29, 0.717) is 61.7 Å². The highest BCUT2D eigenvalue weighted by atomic mass is 16.7. The molecule has 4 aromatic rings. The Morgan fingerprint density at radius 1 is 0.900 bits per heavy atom. The number of hydrogen-bond donors (Lipinski definition) is 2. The van der Waals surface area contributed by atoms with Crippen molar-refractivity contribution in [3.8, 4) is 34.5 Å². The van der Waals surface area contributed by atoms with Gasteiger partial charge in [0.25, 0.3) is 0 Å². The van der Waals surface area contributed by atoms with Crippen LogP contribution in [0.15, 0.2) is 61.1 Å². The maximum atomic E-state index is 13.7. The van der Waals surface area contributed by atoms with Gasteiger partial charge in [0.2, 0.25) is 25.4 Å². The van der Waals surface area contributed by atoms with E-state index < -0.39 is 6.04 Å². The largest absolute Gasteiger partial charge is 0.454 e. The fraction of sp³-hybridized carbons (Fsp3) is 0.286. The highest BCUT2D eigenvalue weighted by Crippen LogP contribution is 2.34. The van der Waals surface area contributed by atoms with E-state index in [1.165, 1.54) is 0 Å². The predicted octanol–water partition coefficient (Wildman–Crippen LogP) is 2.33. The molecular weight excluding hydrogens is 514 g/mol. The molecule has 1 fully saturated rings. The minimum atomic E-state index is -0.441. The van der Waals surface area contributed by atoms with Crippen LogP contribution in [0.1, 0.15) is 11.1 Å². The van der Waals surface area contributed by atoms with Crippen molar-refractivity contribution < 1.29 is 23.7 Å². The van der Waals surface area contributed by atoms with Gasteiger partial charge in [-0.1, -0.05) is 12.1 Å². The maximum absolute atomic E-state index is 13.7. The summed E-state index contributed by atoms with van der Waals surface area (Å²) in [6.45, 7) is 3.12. The van der Waals surface area contributed by atoms with E-state index in [1.807, 2.05) is 47.4 Å². The first-order valence-electron chi connectivity index (χ1n) is 13.1. The van der Waals surface area contributed by atoms with E-state index in [2.05, 4.69) is 25.2 Å². The number of nitrogens with one attached hydrogen (secondary N) is 2. The summed E-state index contributed by atoms with van der Waals surface area (Å²) in [6, 6.07) is 13.0. The second-order valence-electron chi connectivity index (χ2n) is 9.70. The van der Waals surface area contributed by atoms with E-state index in [9.17, 15) is 4.79 Å². The molecule has 40 heavy (non-hydrogen) atoms. The first kappa shape index (κ1) is 24.2. The van der Waals surface area contributed by atoms with Gasteiger partial charge in [-0.3, -0.25) is 9.69 Å². The molecule has 12 heteroatoms. The Morgan fingerprint density at radius 2 is 1.65 bits per heavy atom. The number of aromatic nitrogens is 4. The molecule has 3 aliphatic heterocycles. The van der Waals surface area contributed by atoms with Crippen LogP contribution in [0.2, 0.25) is 0 Å². The third kappa shape index (κ3) is 4.84. The van der Waals surface area contributed by atoms with Crippen LogP contribution >= 0.6 is 0 Å². The standard InChI is InChI=1S/C28H27N7O5/c36-27(32-13-18-1-3-22-24(11-18)39-16-37-22)21-15-35(28-31-6-5-20(33-28)26-29-7-8-30-26)10-9-34(21)14-19-2-4-23-25(12-19)40-17-38-23/h1-8,11-12,21H,9-10,13-17H2,(H,29,30)(H,32,36). The number of piperazine rings is 1. The molecular formula is C28H27N7O5. The Kier molecular flexibility index (Phi) is 6.28. The molecule has 12 nitrogen and oxygen atoms in total. The smallest absolute Gasteiger partial charge is 0.239 e. The molecule has 0 saturated carbocycles. The van der Waals surface area contributed by atoms with Crippen molar-refractivity contribution in [2.24, 2.45) is 0 Å². The average molecular weight is 542 g/mol. The van der Waals surface area contributed by atoms with Crippen LogP contribution in [0.4, 0.5) is 5.95 Å². The first-order valence-corrected chi connectivity index (χ1v) is 13.1. The minimum Gasteiger partial charge on any atom is -0.454 e. The molecule has 2 aromatic carbocycles. The van der Waals surface area contributed by atoms with Crippen molar-refractivity contribution in [1.29, 1.82) is 0 Å². The van der Waals surface area contributed by atoms with Gasteiger partial charge in [0.15, 0.2) is 28.8 Å². The third-order valence-corrected chi connectivity index (χ3v) is 7.19. The number of amides is 1. The molecule has 1 unspecified atom stereocenters. The van der Waals surface area contributed by atoms with E-state index in [4.69, 9.17) is 23.9 Å². The molecule has 204 valence electrons. The number of fused-ring (bicyclic) bond motifs is 2. The second kappa shape index (κ2) is 10.4. The molecule has 0 bridgehead atoms. The first-order chi connectivity index (χ1) is 19.7. The number of hydrogen-bond acceptors (Lipinski definition) is 10. The lowest BCUT2D eigenvalue weighted by Crippen LogP contribution is -2.59. The fourth-order valence-corrected chi connectivity index (χ4v) is 5.11. The highest BCUT2D eigenvalue weighted by molar-refractivity contribution is 5.82. The lowest BCUT2D eigenvalue weighted by Gasteiger charge is -2.40. The van der Waals surface area contributed by atoms with Crippen LogP contribution in [0.5, 0.6) is 23.0 Å². The number of rotatable bonds is 7. The summed E-state index contributed by atoms with van der Waals surface area (Å²) >= 11 is 0. The number of carbonyl (C=O) groups excluding carboxylic acids is 1. The Labute approximate surface area is 229 Å². The summed E-state index contributed by atoms with van der Waals surface area (Å²) in [5.74, 6) is 4.01. The summed E-state index contributed by atoms with van der Waals surface area (Å²) < 4.78 is 21.9. The molecule has 0 radical (unpaired) electrons. The fourth-order valence-electron chi connectivity index (χ4n) is 5.11. The summed E-state index contributed by atoms with van der Waals surface area (Å²) in [5.41, 5.74) is 2.67. The minimum absolute atomic E-state index is 0.0784. The van der Waals surface area contributed by atoms with Crippen molar-refractivity contribution in [2.75, 3.05) is 38.1 Å². The van der Waals surface area contributed by atoms with Crippen molar-refractivity contribution in [3.63, 3.8) is 0 Å². The Hall–Kier alpha value is -4.84. The zero-order valence-electron chi connectivity index (χ0n) is 21.6. The average Bonchev–Trinajstić information content (AvgIpc) is 3.78. The Balaban J connectivity index is 1.11. The summed E-state index contributed by atoms with van der Waals surface area (Å²) in [6.07, 6.45) is 5.16. The van der Waals surface area contributed by atoms with E-state index in [-0.39, 0.29) is 19.5 Å². The molecule has 3 aliphatic rings. The summed E-state index contributed by atoms with van der Waals surface area (Å²) in [4.78, 5) is 34.5. The molecule has 0 aliphatic carbocycles. The maximum Gasteiger partial charge on any atom is 0.239 e. The van der Waals surface area contributed by atoms with Crippen LogP contribution in [-0.4, -0.2) is 70.0 Å². The van der Waals surface area contributed by atoms with E-state index in [1.54, 1.807) is 18.6 Å². The monoisotopic (exact) mass is 541 g/mol. The number of benzene rings is 2. The van der Waals surface area contributed by atoms with Crippen LogP contribution in [-0.2, 0) is 17.9 Å². The number of carbonyl (C=O) groups is 1. The van der Waals surface area contributed by atoms with Gasteiger partial charge in [0, 0.05) is 51.3 Å². The van der Waals surface area contributed by atoms with Gasteiger partial charge >= 0.3 is 0 Å². The van der Waals surface area contributed by atoms with E-state index in [0.717, 1.165) is 22.6 Å². The van der Waals surface area contributed by atoms with Gasteiger partial charge in [-0.05, 0) is 41.5 Å². The number of nitrogens with zero attached hydrogens (tertiary/aromatic N) is 5. The van der Waals surface area contributed by atoms with Crippen molar-refractivity contribution in [2.45, 2.75) is 19.1 Å². The molecule has 7 rings (SSSR count). The van der Waals surface area contributed by atoms with Crippen molar-refractivity contribution >= 4 is 11.9 Å². The molecule has 1 saturated heterocycles. The van der Waals surface area contributed by atoms with Crippen LogP contribution in [0.3, 0.4) is 0 Å². The van der Waals surface area contributed by atoms with E-state index >= 15 is 0 Å². The van der Waals surface area contributed by atoms with Gasteiger partial charge in [-0.15, -0.1) is 0 Å². The van der Waals surface area contributed by atoms with Crippen LogP contribution in [0.25, 0.3) is 11.5 Å². The number of H-pyrrole nitrogens is 1. The van der Waals surface area contributed by atoms with Gasteiger partial charge < -0.3 is 34.1 Å². The van der Waals surface area contributed by atoms with Crippen molar-refractivity contribution in [1.82, 2.24) is 30.2 Å². The molecule has 2 aromatic heterocycles. The molecule has 0 spiro atoms. The predicted molar refractivity (Wildman–Crippen MR) is 143 cm³/mol. The molecule has 1 atom stereocenters.